The van der Waals surface area contributed by atoms with Crippen molar-refractivity contribution < 1.29 is 14.1 Å². The second kappa shape index (κ2) is 6.80. The Labute approximate surface area is 149 Å². The van der Waals surface area contributed by atoms with Gasteiger partial charge in [-0.25, -0.2) is 0 Å². The van der Waals surface area contributed by atoms with Gasteiger partial charge in [-0.3, -0.25) is 4.79 Å². The van der Waals surface area contributed by atoms with Crippen molar-refractivity contribution >= 4 is 28.4 Å². The number of aromatic nitrogens is 2. The number of fused-ring (bicyclic) bond motifs is 1. The first-order valence-corrected chi connectivity index (χ1v) is 8.68. The highest BCUT2D eigenvalue weighted by Gasteiger charge is 2.24. The third-order valence-corrected chi connectivity index (χ3v) is 4.82. The molecular formula is C18H18ClN3O3. The van der Waals surface area contributed by atoms with E-state index in [0.29, 0.717) is 23.0 Å². The fourth-order valence-corrected chi connectivity index (χ4v) is 3.09. The second-order valence-corrected chi connectivity index (χ2v) is 6.70. The molecule has 3 aromatic rings. The van der Waals surface area contributed by atoms with Gasteiger partial charge >= 0.3 is 0 Å². The van der Waals surface area contributed by atoms with E-state index >= 15 is 0 Å². The summed E-state index contributed by atoms with van der Waals surface area (Å²) in [5, 5.41) is 8.29. The van der Waals surface area contributed by atoms with Crippen LogP contribution in [0.2, 0.25) is 5.02 Å². The molecule has 1 aromatic carbocycles. The minimum atomic E-state index is 0.138. The maximum absolute atomic E-state index is 11.9. The van der Waals surface area contributed by atoms with Crippen LogP contribution in [0.25, 0.3) is 10.9 Å². The summed E-state index contributed by atoms with van der Waals surface area (Å²) in [7, 11) is 0. The lowest BCUT2D eigenvalue weighted by molar-refractivity contribution is -0.127. The van der Waals surface area contributed by atoms with E-state index in [9.17, 15) is 4.79 Å². The normalized spacial score (nSPS) is 14.4. The van der Waals surface area contributed by atoms with E-state index in [1.807, 2.05) is 18.2 Å². The van der Waals surface area contributed by atoms with Crippen LogP contribution in [0.4, 0.5) is 0 Å². The fourth-order valence-electron chi connectivity index (χ4n) is 2.86. The molecule has 1 amide bonds. The number of carbonyl (C=O) groups is 1. The Morgan fingerprint density at radius 2 is 2.28 bits per heavy atom. The highest BCUT2D eigenvalue weighted by molar-refractivity contribution is 6.32. The lowest BCUT2D eigenvalue weighted by Crippen LogP contribution is -2.34. The topological polar surface area (TPSA) is 80.2 Å². The molecule has 0 radical (unpaired) electrons. The van der Waals surface area contributed by atoms with Crippen LogP contribution in [0.15, 0.2) is 35.1 Å². The first-order valence-electron chi connectivity index (χ1n) is 8.30. The van der Waals surface area contributed by atoms with E-state index in [0.717, 1.165) is 35.9 Å². The Bertz CT molecular complexity index is 884. The van der Waals surface area contributed by atoms with Crippen molar-refractivity contribution in [1.29, 1.82) is 0 Å². The van der Waals surface area contributed by atoms with Gasteiger partial charge in [-0.05, 0) is 25.0 Å². The summed E-state index contributed by atoms with van der Waals surface area (Å²) in [6, 6.07) is 7.44. The summed E-state index contributed by atoms with van der Waals surface area (Å²) in [5.41, 5.74) is 2.54. The van der Waals surface area contributed by atoms with Gasteiger partial charge in [-0.15, -0.1) is 0 Å². The van der Waals surface area contributed by atoms with Gasteiger partial charge in [-0.2, -0.15) is 0 Å². The van der Waals surface area contributed by atoms with Crippen molar-refractivity contribution in [2.24, 2.45) is 5.92 Å². The number of carbonyl (C=O) groups excluding carboxylic acids is 1. The number of hydrogen-bond donors (Lipinski definition) is 2. The molecule has 0 bridgehead atoms. The van der Waals surface area contributed by atoms with Crippen molar-refractivity contribution in [2.75, 3.05) is 0 Å². The second-order valence-electron chi connectivity index (χ2n) is 6.29. The number of nitrogens with zero attached hydrogens (tertiary/aromatic N) is 1. The first-order chi connectivity index (χ1) is 12.2. The molecule has 0 unspecified atom stereocenters. The molecule has 1 aliphatic carbocycles. The molecule has 2 aromatic heterocycles. The SMILES string of the molecule is O=C(NCc1cc2cc(Cl)c(OCc3ccon3)cc2[nH]1)C1CCC1. The van der Waals surface area contributed by atoms with E-state index in [-0.39, 0.29) is 18.4 Å². The molecule has 1 aliphatic rings. The van der Waals surface area contributed by atoms with Crippen molar-refractivity contribution in [3.05, 3.63) is 46.9 Å². The van der Waals surface area contributed by atoms with Crippen LogP contribution in [-0.4, -0.2) is 16.0 Å². The van der Waals surface area contributed by atoms with Crippen LogP contribution in [0.3, 0.4) is 0 Å². The monoisotopic (exact) mass is 359 g/mol. The highest BCUT2D eigenvalue weighted by atomic mass is 35.5. The Balaban J connectivity index is 1.45. The largest absolute Gasteiger partial charge is 0.486 e. The van der Waals surface area contributed by atoms with Crippen molar-refractivity contribution in [1.82, 2.24) is 15.5 Å². The van der Waals surface area contributed by atoms with Gasteiger partial charge in [-0.1, -0.05) is 23.2 Å². The van der Waals surface area contributed by atoms with Gasteiger partial charge in [0.05, 0.1) is 11.6 Å². The minimum absolute atomic E-state index is 0.138. The van der Waals surface area contributed by atoms with Crippen molar-refractivity contribution in [3.63, 3.8) is 0 Å². The molecule has 6 nitrogen and oxygen atoms in total. The summed E-state index contributed by atoms with van der Waals surface area (Å²) in [4.78, 5) is 15.2. The Morgan fingerprint density at radius 3 is 3.00 bits per heavy atom. The lowest BCUT2D eigenvalue weighted by atomic mass is 9.85. The number of benzene rings is 1. The fraction of sp³-hybridized carbons (Fsp3) is 0.333. The molecule has 2 N–H and O–H groups in total. The van der Waals surface area contributed by atoms with Crippen molar-refractivity contribution in [3.8, 4) is 5.75 Å². The summed E-state index contributed by atoms with van der Waals surface area (Å²) in [6.45, 7) is 0.767. The Morgan fingerprint density at radius 1 is 1.40 bits per heavy atom. The molecule has 130 valence electrons. The van der Waals surface area contributed by atoms with Gasteiger partial charge in [0, 0.05) is 34.6 Å². The van der Waals surface area contributed by atoms with Crippen LogP contribution < -0.4 is 10.1 Å². The number of amides is 1. The van der Waals surface area contributed by atoms with Crippen LogP contribution in [0, 0.1) is 5.92 Å². The maximum atomic E-state index is 11.9. The van der Waals surface area contributed by atoms with Crippen LogP contribution in [-0.2, 0) is 17.9 Å². The number of nitrogens with one attached hydrogen (secondary N) is 2. The third kappa shape index (κ3) is 3.49. The molecule has 1 fully saturated rings. The standard InChI is InChI=1S/C18H18ClN3O3/c19-15-7-12-6-14(9-20-18(23)11-2-1-3-11)21-16(12)8-17(15)24-10-13-4-5-25-22-13/h4-8,11,21H,1-3,9-10H2,(H,20,23). The van der Waals surface area contributed by atoms with E-state index < -0.39 is 0 Å². The zero-order chi connectivity index (χ0) is 17.2. The average Bonchev–Trinajstić information content (AvgIpc) is 3.17. The number of hydrogen-bond acceptors (Lipinski definition) is 4. The average molecular weight is 360 g/mol. The summed E-state index contributed by atoms with van der Waals surface area (Å²) < 4.78 is 10.5. The molecular weight excluding hydrogens is 342 g/mol. The predicted molar refractivity (Wildman–Crippen MR) is 93.3 cm³/mol. The zero-order valence-corrected chi connectivity index (χ0v) is 14.3. The first kappa shape index (κ1) is 16.0. The van der Waals surface area contributed by atoms with Crippen molar-refractivity contribution in [2.45, 2.75) is 32.4 Å². The van der Waals surface area contributed by atoms with E-state index in [1.165, 1.54) is 6.26 Å². The molecule has 0 spiro atoms. The number of halogens is 1. The molecule has 0 aliphatic heterocycles. The smallest absolute Gasteiger partial charge is 0.223 e. The number of aromatic amines is 1. The summed E-state index contributed by atoms with van der Waals surface area (Å²) in [5.74, 6) is 0.902. The molecule has 4 rings (SSSR count). The van der Waals surface area contributed by atoms with Gasteiger partial charge in [0.2, 0.25) is 5.91 Å². The maximum Gasteiger partial charge on any atom is 0.223 e. The van der Waals surface area contributed by atoms with Crippen LogP contribution in [0.5, 0.6) is 5.75 Å². The predicted octanol–water partition coefficient (Wildman–Crippen LogP) is 3.80. The number of H-pyrrole nitrogens is 1. The Hall–Kier alpha value is -2.47. The van der Waals surface area contributed by atoms with Gasteiger partial charge in [0.1, 0.15) is 24.3 Å². The quantitative estimate of drug-likeness (QED) is 0.701. The van der Waals surface area contributed by atoms with Gasteiger partial charge < -0.3 is 19.6 Å². The minimum Gasteiger partial charge on any atom is -0.486 e. The molecule has 1 saturated carbocycles. The van der Waals surface area contributed by atoms with Crippen LogP contribution >= 0.6 is 11.6 Å². The van der Waals surface area contributed by atoms with E-state index in [4.69, 9.17) is 20.9 Å². The molecule has 2 heterocycles. The molecule has 7 heteroatoms. The molecule has 0 atom stereocenters. The summed E-state index contributed by atoms with van der Waals surface area (Å²) >= 11 is 6.30. The number of ether oxygens (including phenoxy) is 1. The molecule has 0 saturated heterocycles. The highest BCUT2D eigenvalue weighted by Crippen LogP contribution is 2.31. The van der Waals surface area contributed by atoms with Gasteiger partial charge in [0.15, 0.2) is 0 Å². The molecule has 25 heavy (non-hydrogen) atoms. The van der Waals surface area contributed by atoms with Gasteiger partial charge in [0.25, 0.3) is 0 Å². The lowest BCUT2D eigenvalue weighted by Gasteiger charge is -2.23. The van der Waals surface area contributed by atoms with E-state index in [1.54, 1.807) is 6.07 Å². The zero-order valence-electron chi connectivity index (χ0n) is 13.5. The summed E-state index contributed by atoms with van der Waals surface area (Å²) in [6.07, 6.45) is 4.65. The third-order valence-electron chi connectivity index (χ3n) is 4.52. The Kier molecular flexibility index (Phi) is 4.36. The van der Waals surface area contributed by atoms with Crippen LogP contribution in [0.1, 0.15) is 30.7 Å². The number of rotatable bonds is 6. The van der Waals surface area contributed by atoms with E-state index in [2.05, 4.69) is 15.5 Å².